The summed E-state index contributed by atoms with van der Waals surface area (Å²) in [4.78, 5) is 0. The first-order valence-corrected chi connectivity index (χ1v) is 6.21. The Morgan fingerprint density at radius 1 is 1.11 bits per heavy atom. The molecular formula is C13H14BrNO3. The average molecular weight is 312 g/mol. The van der Waals surface area contributed by atoms with Gasteiger partial charge in [0.05, 0.1) is 20.8 Å². The largest absolute Gasteiger partial charge is 0.497 e. The van der Waals surface area contributed by atoms with E-state index in [0.717, 1.165) is 27.6 Å². The predicted molar refractivity (Wildman–Crippen MR) is 73.3 cm³/mol. The van der Waals surface area contributed by atoms with Gasteiger partial charge in [-0.1, -0.05) is 0 Å². The smallest absolute Gasteiger partial charge is 0.169 e. The number of benzene rings is 1. The first kappa shape index (κ1) is 12.8. The fraction of sp³-hybridized carbons (Fsp3) is 0.231. The van der Waals surface area contributed by atoms with E-state index in [1.54, 1.807) is 14.2 Å². The Morgan fingerprint density at radius 3 is 2.28 bits per heavy atom. The SMILES string of the molecule is COc1cc(NCc2ccc(Br)o2)cc(OC)c1. The topological polar surface area (TPSA) is 43.6 Å². The highest BCUT2D eigenvalue weighted by atomic mass is 79.9. The molecule has 5 heteroatoms. The molecule has 0 fully saturated rings. The van der Waals surface area contributed by atoms with E-state index in [1.807, 2.05) is 30.3 Å². The van der Waals surface area contributed by atoms with Crippen LogP contribution in [0.5, 0.6) is 11.5 Å². The lowest BCUT2D eigenvalue weighted by Crippen LogP contribution is -1.99. The van der Waals surface area contributed by atoms with Gasteiger partial charge in [-0.25, -0.2) is 0 Å². The van der Waals surface area contributed by atoms with Crippen LogP contribution in [0, 0.1) is 0 Å². The molecule has 0 radical (unpaired) electrons. The molecule has 1 aromatic carbocycles. The fourth-order valence-electron chi connectivity index (χ4n) is 1.55. The minimum Gasteiger partial charge on any atom is -0.497 e. The lowest BCUT2D eigenvalue weighted by atomic mass is 10.2. The quantitative estimate of drug-likeness (QED) is 0.915. The van der Waals surface area contributed by atoms with Crippen molar-refractivity contribution in [3.8, 4) is 11.5 Å². The monoisotopic (exact) mass is 311 g/mol. The molecule has 2 aromatic rings. The number of hydrogen-bond donors (Lipinski definition) is 1. The van der Waals surface area contributed by atoms with Crippen LogP contribution >= 0.6 is 15.9 Å². The van der Waals surface area contributed by atoms with Crippen molar-refractivity contribution in [1.82, 2.24) is 0 Å². The van der Waals surface area contributed by atoms with E-state index in [4.69, 9.17) is 13.9 Å². The van der Waals surface area contributed by atoms with Crippen LogP contribution in [-0.4, -0.2) is 14.2 Å². The molecule has 4 nitrogen and oxygen atoms in total. The van der Waals surface area contributed by atoms with Crippen molar-refractivity contribution in [2.75, 3.05) is 19.5 Å². The van der Waals surface area contributed by atoms with Gasteiger partial charge >= 0.3 is 0 Å². The summed E-state index contributed by atoms with van der Waals surface area (Å²) >= 11 is 3.27. The van der Waals surface area contributed by atoms with Gasteiger partial charge in [-0.05, 0) is 28.1 Å². The van der Waals surface area contributed by atoms with Crippen molar-refractivity contribution < 1.29 is 13.9 Å². The minimum atomic E-state index is 0.599. The Balaban J connectivity index is 2.08. The van der Waals surface area contributed by atoms with Crippen molar-refractivity contribution in [2.45, 2.75) is 6.54 Å². The van der Waals surface area contributed by atoms with Crippen LogP contribution in [-0.2, 0) is 6.54 Å². The normalized spacial score (nSPS) is 10.2. The highest BCUT2D eigenvalue weighted by Gasteiger charge is 2.03. The molecule has 18 heavy (non-hydrogen) atoms. The lowest BCUT2D eigenvalue weighted by molar-refractivity contribution is 0.394. The third-order valence-electron chi connectivity index (χ3n) is 2.45. The summed E-state index contributed by atoms with van der Waals surface area (Å²) in [5.41, 5.74) is 0.915. The van der Waals surface area contributed by atoms with Crippen molar-refractivity contribution >= 4 is 21.6 Å². The van der Waals surface area contributed by atoms with E-state index in [-0.39, 0.29) is 0 Å². The van der Waals surface area contributed by atoms with Gasteiger partial charge in [0.25, 0.3) is 0 Å². The maximum atomic E-state index is 5.41. The number of halogens is 1. The highest BCUT2D eigenvalue weighted by molar-refractivity contribution is 9.10. The first-order chi connectivity index (χ1) is 8.71. The van der Waals surface area contributed by atoms with Crippen LogP contribution in [0.25, 0.3) is 0 Å². The van der Waals surface area contributed by atoms with Crippen LogP contribution < -0.4 is 14.8 Å². The first-order valence-electron chi connectivity index (χ1n) is 5.42. The number of anilines is 1. The summed E-state index contributed by atoms with van der Waals surface area (Å²) < 4.78 is 16.5. The third kappa shape index (κ3) is 3.20. The van der Waals surface area contributed by atoms with E-state index >= 15 is 0 Å². The molecule has 0 aliphatic heterocycles. The molecular weight excluding hydrogens is 298 g/mol. The fourth-order valence-corrected chi connectivity index (χ4v) is 1.89. The van der Waals surface area contributed by atoms with Gasteiger partial charge in [-0.15, -0.1) is 0 Å². The minimum absolute atomic E-state index is 0.599. The Labute approximate surface area is 114 Å². The maximum absolute atomic E-state index is 5.41. The Morgan fingerprint density at radius 2 is 1.78 bits per heavy atom. The molecule has 1 aromatic heterocycles. The van der Waals surface area contributed by atoms with E-state index in [2.05, 4.69) is 21.2 Å². The van der Waals surface area contributed by atoms with Crippen LogP contribution in [0.15, 0.2) is 39.4 Å². The second kappa shape index (κ2) is 5.82. The summed E-state index contributed by atoms with van der Waals surface area (Å²) in [6.45, 7) is 0.599. The third-order valence-corrected chi connectivity index (χ3v) is 2.87. The lowest BCUT2D eigenvalue weighted by Gasteiger charge is -2.09. The van der Waals surface area contributed by atoms with Gasteiger partial charge < -0.3 is 19.2 Å². The standard InChI is InChI=1S/C13H14BrNO3/c1-16-11-5-9(6-12(7-11)17-2)15-8-10-3-4-13(14)18-10/h3-7,15H,8H2,1-2H3. The molecule has 1 N–H and O–H groups in total. The summed E-state index contributed by atoms with van der Waals surface area (Å²) in [5, 5.41) is 3.25. The van der Waals surface area contributed by atoms with Crippen molar-refractivity contribution in [3.05, 3.63) is 40.8 Å². The maximum Gasteiger partial charge on any atom is 0.169 e. The molecule has 0 aliphatic carbocycles. The number of methoxy groups -OCH3 is 2. The number of nitrogens with one attached hydrogen (secondary N) is 1. The molecule has 1 heterocycles. The van der Waals surface area contributed by atoms with Crippen LogP contribution in [0.1, 0.15) is 5.76 Å². The zero-order chi connectivity index (χ0) is 13.0. The molecule has 0 saturated carbocycles. The zero-order valence-electron chi connectivity index (χ0n) is 10.2. The van der Waals surface area contributed by atoms with Crippen LogP contribution in [0.4, 0.5) is 5.69 Å². The van der Waals surface area contributed by atoms with Crippen LogP contribution in [0.3, 0.4) is 0 Å². The number of hydrogen-bond acceptors (Lipinski definition) is 4. The average Bonchev–Trinajstić information content (AvgIpc) is 2.81. The van der Waals surface area contributed by atoms with Crippen molar-refractivity contribution in [2.24, 2.45) is 0 Å². The molecule has 0 unspecified atom stereocenters. The van der Waals surface area contributed by atoms with Gasteiger partial charge in [-0.3, -0.25) is 0 Å². The molecule has 2 rings (SSSR count). The number of rotatable bonds is 5. The molecule has 0 atom stereocenters. The van der Waals surface area contributed by atoms with Gasteiger partial charge in [0.2, 0.25) is 0 Å². The number of ether oxygens (including phenoxy) is 2. The van der Waals surface area contributed by atoms with Crippen LogP contribution in [0.2, 0.25) is 0 Å². The summed E-state index contributed by atoms with van der Waals surface area (Å²) in [7, 11) is 3.25. The van der Waals surface area contributed by atoms with E-state index in [9.17, 15) is 0 Å². The van der Waals surface area contributed by atoms with Gasteiger partial charge in [0.15, 0.2) is 4.67 Å². The van der Waals surface area contributed by atoms with E-state index in [0.29, 0.717) is 6.54 Å². The second-order valence-electron chi connectivity index (χ2n) is 3.66. The molecule has 0 saturated heterocycles. The summed E-state index contributed by atoms with van der Waals surface area (Å²) in [6.07, 6.45) is 0. The molecule has 0 bridgehead atoms. The molecule has 0 amide bonds. The summed E-state index contributed by atoms with van der Waals surface area (Å²) in [6, 6.07) is 9.41. The number of furan rings is 1. The predicted octanol–water partition coefficient (Wildman–Crippen LogP) is 3.67. The molecule has 0 aliphatic rings. The Bertz CT molecular complexity index is 502. The molecule has 96 valence electrons. The summed E-state index contributed by atoms with van der Waals surface area (Å²) in [5.74, 6) is 2.35. The highest BCUT2D eigenvalue weighted by Crippen LogP contribution is 2.26. The second-order valence-corrected chi connectivity index (χ2v) is 4.44. The van der Waals surface area contributed by atoms with Gasteiger partial charge in [0.1, 0.15) is 17.3 Å². The molecule has 0 spiro atoms. The van der Waals surface area contributed by atoms with E-state index in [1.165, 1.54) is 0 Å². The Kier molecular flexibility index (Phi) is 4.15. The van der Waals surface area contributed by atoms with Gasteiger partial charge in [-0.2, -0.15) is 0 Å². The Hall–Kier alpha value is -1.62. The van der Waals surface area contributed by atoms with Gasteiger partial charge in [0, 0.05) is 23.9 Å². The van der Waals surface area contributed by atoms with Crippen molar-refractivity contribution in [1.29, 1.82) is 0 Å². The van der Waals surface area contributed by atoms with E-state index < -0.39 is 0 Å². The van der Waals surface area contributed by atoms with Crippen molar-refractivity contribution in [3.63, 3.8) is 0 Å². The zero-order valence-corrected chi connectivity index (χ0v) is 11.8.